The first-order valence-corrected chi connectivity index (χ1v) is 10.3. The molecule has 0 unspecified atom stereocenters. The monoisotopic (exact) mass is 382 g/mol. The summed E-state index contributed by atoms with van der Waals surface area (Å²) in [5.74, 6) is -1.06. The Morgan fingerprint density at radius 3 is 2.58 bits per heavy atom. The van der Waals surface area contributed by atoms with Gasteiger partial charge in [-0.2, -0.15) is 4.31 Å². The minimum atomic E-state index is -3.79. The lowest BCUT2D eigenvalue weighted by Gasteiger charge is -2.33. The van der Waals surface area contributed by atoms with E-state index in [2.05, 4.69) is 5.32 Å². The molecule has 7 nitrogen and oxygen atoms in total. The largest absolute Gasteiger partial charge is 0.454 e. The fourth-order valence-corrected chi connectivity index (χ4v) is 4.47. The summed E-state index contributed by atoms with van der Waals surface area (Å²) >= 11 is 0. The van der Waals surface area contributed by atoms with Crippen molar-refractivity contribution in [3.63, 3.8) is 0 Å². The van der Waals surface area contributed by atoms with Crippen LogP contribution in [0, 0.1) is 6.92 Å². The van der Waals surface area contributed by atoms with Gasteiger partial charge in [0.05, 0.1) is 4.90 Å². The van der Waals surface area contributed by atoms with E-state index in [0.717, 1.165) is 18.4 Å². The number of ether oxygens (including phenoxy) is 1. The van der Waals surface area contributed by atoms with Gasteiger partial charge in [0.1, 0.15) is 6.04 Å². The smallest absolute Gasteiger partial charge is 0.324 e. The van der Waals surface area contributed by atoms with Gasteiger partial charge in [0.2, 0.25) is 10.0 Å². The van der Waals surface area contributed by atoms with Gasteiger partial charge in [0, 0.05) is 13.1 Å². The number of amides is 1. The van der Waals surface area contributed by atoms with Crippen molar-refractivity contribution in [2.75, 3.05) is 19.7 Å². The van der Waals surface area contributed by atoms with E-state index in [9.17, 15) is 18.0 Å². The molecule has 0 spiro atoms. The zero-order valence-electron chi connectivity index (χ0n) is 15.2. The number of carbonyl (C=O) groups excluding carboxylic acids is 2. The summed E-state index contributed by atoms with van der Waals surface area (Å²) < 4.78 is 32.1. The fourth-order valence-electron chi connectivity index (χ4n) is 2.82. The van der Waals surface area contributed by atoms with Gasteiger partial charge in [-0.05, 0) is 44.7 Å². The maximum Gasteiger partial charge on any atom is 0.324 e. The number of hydrogen-bond acceptors (Lipinski definition) is 5. The lowest BCUT2D eigenvalue weighted by atomic mass is 10.1. The van der Waals surface area contributed by atoms with Gasteiger partial charge in [-0.25, -0.2) is 8.42 Å². The molecule has 0 bridgehead atoms. The highest BCUT2D eigenvalue weighted by Gasteiger charge is 2.38. The van der Waals surface area contributed by atoms with Crippen LogP contribution in [0.1, 0.15) is 38.2 Å². The minimum absolute atomic E-state index is 0.156. The summed E-state index contributed by atoms with van der Waals surface area (Å²) in [5, 5.41) is 2.62. The SMILES string of the molecule is CCCNC(=O)COC(=O)[C@@H]1CCCCN1S(=O)(=O)c1ccc(C)cc1. The zero-order valence-corrected chi connectivity index (χ0v) is 16.0. The number of piperidine rings is 1. The van der Waals surface area contributed by atoms with E-state index in [4.69, 9.17) is 4.74 Å². The molecule has 144 valence electrons. The first-order chi connectivity index (χ1) is 12.4. The van der Waals surface area contributed by atoms with Gasteiger partial charge in [-0.15, -0.1) is 0 Å². The number of nitrogens with one attached hydrogen (secondary N) is 1. The Bertz CT molecular complexity index is 730. The van der Waals surface area contributed by atoms with Crippen LogP contribution in [0.3, 0.4) is 0 Å². The highest BCUT2D eigenvalue weighted by Crippen LogP contribution is 2.26. The molecule has 1 aliphatic heterocycles. The molecule has 1 saturated heterocycles. The van der Waals surface area contributed by atoms with Gasteiger partial charge in [-0.3, -0.25) is 9.59 Å². The molecular weight excluding hydrogens is 356 g/mol. The molecular formula is C18H26N2O5S. The van der Waals surface area contributed by atoms with Gasteiger partial charge < -0.3 is 10.1 Å². The predicted molar refractivity (Wildman–Crippen MR) is 97.0 cm³/mol. The Labute approximate surface area is 154 Å². The summed E-state index contributed by atoms with van der Waals surface area (Å²) in [6, 6.07) is 5.64. The fraction of sp³-hybridized carbons (Fsp3) is 0.556. The first-order valence-electron chi connectivity index (χ1n) is 8.88. The van der Waals surface area contributed by atoms with Crippen molar-refractivity contribution in [3.05, 3.63) is 29.8 Å². The third-order valence-corrected chi connectivity index (χ3v) is 6.19. The molecule has 1 aromatic rings. The highest BCUT2D eigenvalue weighted by molar-refractivity contribution is 7.89. The average Bonchev–Trinajstić information content (AvgIpc) is 2.64. The Morgan fingerprint density at radius 1 is 1.23 bits per heavy atom. The van der Waals surface area contributed by atoms with Crippen LogP contribution < -0.4 is 5.32 Å². The number of nitrogens with zero attached hydrogens (tertiary/aromatic N) is 1. The lowest BCUT2D eigenvalue weighted by molar-refractivity contribution is -0.153. The second kappa shape index (κ2) is 9.14. The van der Waals surface area contributed by atoms with Crippen LogP contribution in [0.15, 0.2) is 29.2 Å². The molecule has 26 heavy (non-hydrogen) atoms. The molecule has 1 atom stereocenters. The van der Waals surface area contributed by atoms with Crippen molar-refractivity contribution < 1.29 is 22.7 Å². The minimum Gasteiger partial charge on any atom is -0.454 e. The van der Waals surface area contributed by atoms with Crippen molar-refractivity contribution in [3.8, 4) is 0 Å². The molecule has 1 aliphatic rings. The van der Waals surface area contributed by atoms with Crippen molar-refractivity contribution in [2.45, 2.75) is 50.5 Å². The van der Waals surface area contributed by atoms with Crippen LogP contribution in [-0.4, -0.2) is 50.3 Å². The van der Waals surface area contributed by atoms with E-state index < -0.39 is 28.6 Å². The lowest BCUT2D eigenvalue weighted by Crippen LogP contribution is -2.49. The van der Waals surface area contributed by atoms with Gasteiger partial charge in [0.25, 0.3) is 5.91 Å². The van der Waals surface area contributed by atoms with Crippen LogP contribution >= 0.6 is 0 Å². The van der Waals surface area contributed by atoms with Crippen molar-refractivity contribution in [1.82, 2.24) is 9.62 Å². The molecule has 2 rings (SSSR count). The van der Waals surface area contributed by atoms with Gasteiger partial charge in [0.15, 0.2) is 6.61 Å². The summed E-state index contributed by atoms with van der Waals surface area (Å²) in [6.07, 6.45) is 2.60. The van der Waals surface area contributed by atoms with Crippen LogP contribution in [0.4, 0.5) is 0 Å². The van der Waals surface area contributed by atoms with Crippen molar-refractivity contribution in [2.24, 2.45) is 0 Å². The quantitative estimate of drug-likeness (QED) is 0.723. The third kappa shape index (κ3) is 5.04. The van der Waals surface area contributed by atoms with E-state index in [-0.39, 0.29) is 17.3 Å². The second-order valence-corrected chi connectivity index (χ2v) is 8.29. The number of hydrogen-bond donors (Lipinski definition) is 1. The number of benzene rings is 1. The number of aryl methyl sites for hydroxylation is 1. The molecule has 8 heteroatoms. The summed E-state index contributed by atoms with van der Waals surface area (Å²) in [6.45, 7) is 4.17. The molecule has 1 fully saturated rings. The number of sulfonamides is 1. The van der Waals surface area contributed by atoms with Crippen molar-refractivity contribution in [1.29, 1.82) is 0 Å². The third-order valence-electron chi connectivity index (χ3n) is 4.27. The number of rotatable bonds is 7. The topological polar surface area (TPSA) is 92.8 Å². The van der Waals surface area contributed by atoms with Crippen molar-refractivity contribution >= 4 is 21.9 Å². The molecule has 0 aliphatic carbocycles. The van der Waals surface area contributed by atoms with Crippen LogP contribution in [-0.2, 0) is 24.3 Å². The summed E-state index contributed by atoms with van der Waals surface area (Å²) in [4.78, 5) is 24.2. The van der Waals surface area contributed by atoms with Crippen LogP contribution in [0.5, 0.6) is 0 Å². The number of carbonyl (C=O) groups is 2. The first kappa shape index (κ1) is 20.4. The average molecular weight is 382 g/mol. The number of esters is 1. The predicted octanol–water partition coefficient (Wildman–Crippen LogP) is 1.61. The second-order valence-electron chi connectivity index (χ2n) is 6.40. The summed E-state index contributed by atoms with van der Waals surface area (Å²) in [5.41, 5.74) is 0.955. The van der Waals surface area contributed by atoms with E-state index in [1.54, 1.807) is 24.3 Å². The Kier molecular flexibility index (Phi) is 7.16. The molecule has 1 aromatic carbocycles. The Balaban J connectivity index is 2.10. The van der Waals surface area contributed by atoms with Gasteiger partial charge in [-0.1, -0.05) is 24.6 Å². The normalized spacial score (nSPS) is 18.3. The van der Waals surface area contributed by atoms with E-state index >= 15 is 0 Å². The molecule has 0 aromatic heterocycles. The zero-order chi connectivity index (χ0) is 19.2. The molecule has 1 amide bonds. The van der Waals surface area contributed by atoms with E-state index in [1.807, 2.05) is 13.8 Å². The van der Waals surface area contributed by atoms with Crippen LogP contribution in [0.2, 0.25) is 0 Å². The maximum atomic E-state index is 12.9. The highest BCUT2D eigenvalue weighted by atomic mass is 32.2. The summed E-state index contributed by atoms with van der Waals surface area (Å²) in [7, 11) is -3.79. The van der Waals surface area contributed by atoms with E-state index in [1.165, 1.54) is 4.31 Å². The standard InChI is InChI=1S/C18H26N2O5S/c1-3-11-19-17(21)13-25-18(22)16-6-4-5-12-20(16)26(23,24)15-9-7-14(2)8-10-15/h7-10,16H,3-6,11-13H2,1-2H3,(H,19,21)/t16-/m0/s1. The molecule has 1 N–H and O–H groups in total. The van der Waals surface area contributed by atoms with Gasteiger partial charge >= 0.3 is 5.97 Å². The van der Waals surface area contributed by atoms with E-state index in [0.29, 0.717) is 19.4 Å². The molecule has 1 heterocycles. The van der Waals surface area contributed by atoms with Crippen LogP contribution in [0.25, 0.3) is 0 Å². The Morgan fingerprint density at radius 2 is 1.92 bits per heavy atom. The maximum absolute atomic E-state index is 12.9. The molecule has 0 radical (unpaired) electrons. The molecule has 0 saturated carbocycles. The Hall–Kier alpha value is -1.93.